The van der Waals surface area contributed by atoms with Crippen molar-refractivity contribution in [3.05, 3.63) is 0 Å². The first-order chi connectivity index (χ1) is 7.61. The van der Waals surface area contributed by atoms with Crippen LogP contribution in [0.5, 0.6) is 0 Å². The van der Waals surface area contributed by atoms with E-state index in [2.05, 4.69) is 13.8 Å². The van der Waals surface area contributed by atoms with Crippen LogP contribution in [0, 0.1) is 11.8 Å². The first-order valence-corrected chi connectivity index (χ1v) is 6.02. The highest BCUT2D eigenvalue weighted by Crippen LogP contribution is 2.03. The molecule has 4 heteroatoms. The summed E-state index contributed by atoms with van der Waals surface area (Å²) in [6, 6.07) is 0. The molecular weight excluding hydrogens is 208 g/mol. The van der Waals surface area contributed by atoms with E-state index in [-0.39, 0.29) is 18.5 Å². The third-order valence-corrected chi connectivity index (χ3v) is 2.56. The smallest absolute Gasteiger partial charge is 0.308 e. The number of rotatable bonds is 9. The number of esters is 1. The molecule has 16 heavy (non-hydrogen) atoms. The molecule has 0 N–H and O–H groups in total. The van der Waals surface area contributed by atoms with Gasteiger partial charge in [-0.05, 0) is 12.3 Å². The molecule has 96 valence electrons. The van der Waals surface area contributed by atoms with Gasteiger partial charge in [0.1, 0.15) is 13.2 Å². The summed E-state index contributed by atoms with van der Waals surface area (Å²) in [4.78, 5) is 21.1. The SMILES string of the molecule is CCC(C)COOCCOC(=O)C(C)CC. The molecule has 0 saturated heterocycles. The maximum absolute atomic E-state index is 11.2. The minimum atomic E-state index is -0.173. The summed E-state index contributed by atoms with van der Waals surface area (Å²) < 4.78 is 4.98. The van der Waals surface area contributed by atoms with Gasteiger partial charge in [0.05, 0.1) is 12.5 Å². The van der Waals surface area contributed by atoms with E-state index in [1.165, 1.54) is 0 Å². The predicted octanol–water partition coefficient (Wildman–Crippen LogP) is 2.57. The lowest BCUT2D eigenvalue weighted by Gasteiger charge is -2.10. The molecule has 0 spiro atoms. The molecule has 2 atom stereocenters. The molecule has 0 aromatic heterocycles. The van der Waals surface area contributed by atoms with Crippen LogP contribution in [0.15, 0.2) is 0 Å². The summed E-state index contributed by atoms with van der Waals surface area (Å²) in [5, 5.41) is 0. The molecule has 0 fully saturated rings. The van der Waals surface area contributed by atoms with E-state index in [1.807, 2.05) is 13.8 Å². The van der Waals surface area contributed by atoms with Gasteiger partial charge < -0.3 is 4.74 Å². The van der Waals surface area contributed by atoms with Crippen LogP contribution < -0.4 is 0 Å². The van der Waals surface area contributed by atoms with Crippen molar-refractivity contribution in [1.29, 1.82) is 0 Å². The maximum Gasteiger partial charge on any atom is 0.308 e. The highest BCUT2D eigenvalue weighted by atomic mass is 17.2. The monoisotopic (exact) mass is 232 g/mol. The highest BCUT2D eigenvalue weighted by molar-refractivity contribution is 5.71. The second kappa shape index (κ2) is 9.60. The van der Waals surface area contributed by atoms with E-state index in [1.54, 1.807) is 0 Å². The van der Waals surface area contributed by atoms with Crippen LogP contribution in [-0.4, -0.2) is 25.8 Å². The number of carbonyl (C=O) groups excluding carboxylic acids is 1. The molecule has 2 unspecified atom stereocenters. The zero-order valence-electron chi connectivity index (χ0n) is 10.8. The number of ether oxygens (including phenoxy) is 1. The van der Waals surface area contributed by atoms with E-state index >= 15 is 0 Å². The standard InChI is InChI=1S/C12H24O4/c1-5-10(3)9-16-15-8-7-14-12(13)11(4)6-2/h10-11H,5-9H2,1-4H3. The fourth-order valence-corrected chi connectivity index (χ4v) is 0.826. The summed E-state index contributed by atoms with van der Waals surface area (Å²) in [5.41, 5.74) is 0. The van der Waals surface area contributed by atoms with E-state index in [0.29, 0.717) is 19.1 Å². The van der Waals surface area contributed by atoms with E-state index < -0.39 is 0 Å². The van der Waals surface area contributed by atoms with Gasteiger partial charge >= 0.3 is 5.97 Å². The Kier molecular flexibility index (Phi) is 9.24. The Morgan fingerprint density at radius 2 is 1.75 bits per heavy atom. The van der Waals surface area contributed by atoms with Gasteiger partial charge in [-0.25, -0.2) is 9.78 Å². The second-order valence-electron chi connectivity index (χ2n) is 4.10. The Morgan fingerprint density at radius 3 is 2.31 bits per heavy atom. The third kappa shape index (κ3) is 7.65. The fourth-order valence-electron chi connectivity index (χ4n) is 0.826. The molecule has 0 saturated carbocycles. The van der Waals surface area contributed by atoms with Crippen LogP contribution >= 0.6 is 0 Å². The molecule has 0 heterocycles. The van der Waals surface area contributed by atoms with Gasteiger partial charge in [-0.3, -0.25) is 4.79 Å². The van der Waals surface area contributed by atoms with Crippen molar-refractivity contribution < 1.29 is 19.3 Å². The van der Waals surface area contributed by atoms with Gasteiger partial charge in [0.25, 0.3) is 0 Å². The van der Waals surface area contributed by atoms with E-state index in [4.69, 9.17) is 14.5 Å². The van der Waals surface area contributed by atoms with Crippen LogP contribution in [0.4, 0.5) is 0 Å². The quantitative estimate of drug-likeness (QED) is 0.265. The van der Waals surface area contributed by atoms with Crippen LogP contribution in [0.1, 0.15) is 40.5 Å². The lowest BCUT2D eigenvalue weighted by Crippen LogP contribution is -2.17. The number of hydrogen-bond acceptors (Lipinski definition) is 4. The molecule has 0 amide bonds. The van der Waals surface area contributed by atoms with Crippen molar-refractivity contribution in [2.75, 3.05) is 19.8 Å². The largest absolute Gasteiger partial charge is 0.463 e. The van der Waals surface area contributed by atoms with Crippen LogP contribution in [0.3, 0.4) is 0 Å². The predicted molar refractivity (Wildman–Crippen MR) is 61.8 cm³/mol. The molecule has 0 aromatic carbocycles. The zero-order chi connectivity index (χ0) is 12.4. The molecule has 0 aliphatic rings. The lowest BCUT2D eigenvalue weighted by molar-refractivity contribution is -0.304. The third-order valence-electron chi connectivity index (χ3n) is 2.56. The summed E-state index contributed by atoms with van der Waals surface area (Å²) in [6.07, 6.45) is 1.86. The Labute approximate surface area is 98.2 Å². The lowest BCUT2D eigenvalue weighted by atomic mass is 10.1. The molecule has 0 bridgehead atoms. The van der Waals surface area contributed by atoms with Crippen molar-refractivity contribution >= 4 is 5.97 Å². The van der Waals surface area contributed by atoms with Gasteiger partial charge in [0, 0.05) is 0 Å². The summed E-state index contributed by atoms with van der Waals surface area (Å²) in [7, 11) is 0. The average molecular weight is 232 g/mol. The molecule has 4 nitrogen and oxygen atoms in total. The molecule has 0 aliphatic carbocycles. The van der Waals surface area contributed by atoms with Gasteiger partial charge in [-0.15, -0.1) is 0 Å². The second-order valence-corrected chi connectivity index (χ2v) is 4.10. The minimum absolute atomic E-state index is 0.0407. The Bertz CT molecular complexity index is 182. The van der Waals surface area contributed by atoms with Crippen LogP contribution in [0.25, 0.3) is 0 Å². The van der Waals surface area contributed by atoms with Crippen molar-refractivity contribution in [3.63, 3.8) is 0 Å². The van der Waals surface area contributed by atoms with E-state index in [9.17, 15) is 4.79 Å². The topological polar surface area (TPSA) is 44.8 Å². The molecule has 0 radical (unpaired) electrons. The first-order valence-electron chi connectivity index (χ1n) is 6.02. The molecule has 0 aromatic rings. The van der Waals surface area contributed by atoms with Gasteiger partial charge in [-0.1, -0.05) is 34.1 Å². The summed E-state index contributed by atoms with van der Waals surface area (Å²) >= 11 is 0. The minimum Gasteiger partial charge on any atom is -0.463 e. The fraction of sp³-hybridized carbons (Fsp3) is 0.917. The highest BCUT2D eigenvalue weighted by Gasteiger charge is 2.11. The van der Waals surface area contributed by atoms with Crippen molar-refractivity contribution in [3.8, 4) is 0 Å². The first kappa shape index (κ1) is 15.4. The molecule has 0 rings (SSSR count). The van der Waals surface area contributed by atoms with Gasteiger partial charge in [0.15, 0.2) is 0 Å². The van der Waals surface area contributed by atoms with Gasteiger partial charge in [-0.2, -0.15) is 0 Å². The van der Waals surface area contributed by atoms with Crippen molar-refractivity contribution in [2.24, 2.45) is 11.8 Å². The van der Waals surface area contributed by atoms with E-state index in [0.717, 1.165) is 12.8 Å². The number of carbonyl (C=O) groups is 1. The maximum atomic E-state index is 11.2. The Morgan fingerprint density at radius 1 is 1.06 bits per heavy atom. The Hall–Kier alpha value is -0.610. The number of hydrogen-bond donors (Lipinski definition) is 0. The summed E-state index contributed by atoms with van der Waals surface area (Å²) in [6.45, 7) is 9.12. The Balaban J connectivity index is 3.30. The van der Waals surface area contributed by atoms with Crippen molar-refractivity contribution in [1.82, 2.24) is 0 Å². The normalized spacial score (nSPS) is 14.5. The van der Waals surface area contributed by atoms with Crippen LogP contribution in [-0.2, 0) is 19.3 Å². The van der Waals surface area contributed by atoms with Crippen molar-refractivity contribution in [2.45, 2.75) is 40.5 Å². The molecule has 0 aliphatic heterocycles. The zero-order valence-corrected chi connectivity index (χ0v) is 10.8. The summed E-state index contributed by atoms with van der Waals surface area (Å²) in [5.74, 6) is 0.275. The average Bonchev–Trinajstić information content (AvgIpc) is 2.31. The van der Waals surface area contributed by atoms with Crippen LogP contribution in [0.2, 0.25) is 0 Å². The molecular formula is C12H24O4. The van der Waals surface area contributed by atoms with Gasteiger partial charge in [0.2, 0.25) is 0 Å².